The molecule has 84 valence electrons. The summed E-state index contributed by atoms with van der Waals surface area (Å²) in [7, 11) is 3.19. The lowest BCUT2D eigenvalue weighted by molar-refractivity contribution is 0.132. The van der Waals surface area contributed by atoms with E-state index in [-0.39, 0.29) is 6.09 Å². The fourth-order valence-corrected chi connectivity index (χ4v) is 1.33. The Morgan fingerprint density at radius 3 is 2.43 bits per heavy atom. The number of carbonyl (C=O) groups is 1. The van der Waals surface area contributed by atoms with Gasteiger partial charge in [-0.3, -0.25) is 0 Å². The molecule has 0 spiro atoms. The molecule has 0 fully saturated rings. The summed E-state index contributed by atoms with van der Waals surface area (Å²) in [6.45, 7) is 5.27. The van der Waals surface area contributed by atoms with E-state index in [1.54, 1.807) is 11.9 Å². The number of carbonyl (C=O) groups excluding carboxylic acids is 1. The number of amides is 1. The molecule has 0 unspecified atom stereocenters. The van der Waals surface area contributed by atoms with Crippen molar-refractivity contribution in [2.24, 2.45) is 5.92 Å². The lowest BCUT2D eigenvalue weighted by atomic mass is 10.1. The number of hydrogen-bond donors (Lipinski definition) is 0. The van der Waals surface area contributed by atoms with Gasteiger partial charge in [-0.1, -0.05) is 33.1 Å². The van der Waals surface area contributed by atoms with Crippen LogP contribution in [0.25, 0.3) is 0 Å². The monoisotopic (exact) mass is 201 g/mol. The Morgan fingerprint density at radius 2 is 1.93 bits per heavy atom. The molecule has 0 bridgehead atoms. The van der Waals surface area contributed by atoms with Gasteiger partial charge in [0.15, 0.2) is 0 Å². The van der Waals surface area contributed by atoms with Crippen LogP contribution in [0, 0.1) is 5.92 Å². The normalized spacial score (nSPS) is 10.4. The highest BCUT2D eigenvalue weighted by Crippen LogP contribution is 2.08. The van der Waals surface area contributed by atoms with Crippen LogP contribution in [0.15, 0.2) is 0 Å². The van der Waals surface area contributed by atoms with Crippen LogP contribution in [-0.4, -0.2) is 31.7 Å². The molecule has 3 nitrogen and oxygen atoms in total. The van der Waals surface area contributed by atoms with Crippen LogP contribution in [0.2, 0.25) is 0 Å². The Bertz CT molecular complexity index is 157. The van der Waals surface area contributed by atoms with Crippen LogP contribution in [-0.2, 0) is 4.74 Å². The minimum absolute atomic E-state index is 0.242. The molecule has 0 atom stereocenters. The quantitative estimate of drug-likeness (QED) is 0.618. The fourth-order valence-electron chi connectivity index (χ4n) is 1.33. The van der Waals surface area contributed by atoms with Crippen molar-refractivity contribution in [3.8, 4) is 0 Å². The highest BCUT2D eigenvalue weighted by Gasteiger charge is 2.06. The van der Waals surface area contributed by atoms with Crippen LogP contribution < -0.4 is 0 Å². The molecule has 0 rings (SSSR count). The molecular formula is C11H23NO2. The van der Waals surface area contributed by atoms with Gasteiger partial charge in [0.25, 0.3) is 0 Å². The van der Waals surface area contributed by atoms with Gasteiger partial charge in [0, 0.05) is 13.6 Å². The highest BCUT2D eigenvalue weighted by molar-refractivity contribution is 5.66. The van der Waals surface area contributed by atoms with Crippen molar-refractivity contribution >= 4 is 6.09 Å². The Labute approximate surface area is 87.4 Å². The van der Waals surface area contributed by atoms with Gasteiger partial charge < -0.3 is 9.64 Å². The molecule has 0 aromatic carbocycles. The molecule has 0 N–H and O–H groups in total. The van der Waals surface area contributed by atoms with E-state index in [1.165, 1.54) is 26.4 Å². The Morgan fingerprint density at radius 1 is 1.29 bits per heavy atom. The minimum atomic E-state index is -0.242. The van der Waals surface area contributed by atoms with Crippen molar-refractivity contribution in [3.05, 3.63) is 0 Å². The minimum Gasteiger partial charge on any atom is -0.453 e. The SMILES string of the molecule is COC(=O)N(C)CCCCCC(C)C. The van der Waals surface area contributed by atoms with Crippen LogP contribution >= 0.6 is 0 Å². The molecule has 0 saturated carbocycles. The third kappa shape index (κ3) is 6.75. The Balaban J connectivity index is 3.31. The number of nitrogens with zero attached hydrogens (tertiary/aromatic N) is 1. The molecule has 0 aliphatic heterocycles. The van der Waals surface area contributed by atoms with E-state index in [0.29, 0.717) is 0 Å². The van der Waals surface area contributed by atoms with Gasteiger partial charge in [0.1, 0.15) is 0 Å². The zero-order valence-electron chi connectivity index (χ0n) is 9.88. The van der Waals surface area contributed by atoms with E-state index < -0.39 is 0 Å². The zero-order chi connectivity index (χ0) is 11.0. The maximum Gasteiger partial charge on any atom is 0.409 e. The third-order valence-electron chi connectivity index (χ3n) is 2.26. The summed E-state index contributed by atoms with van der Waals surface area (Å²) in [6.07, 6.45) is 4.56. The van der Waals surface area contributed by atoms with Crippen LogP contribution in [0.3, 0.4) is 0 Å². The van der Waals surface area contributed by atoms with Crippen molar-refractivity contribution in [2.75, 3.05) is 20.7 Å². The smallest absolute Gasteiger partial charge is 0.409 e. The van der Waals surface area contributed by atoms with E-state index in [1.807, 2.05) is 0 Å². The first-order valence-electron chi connectivity index (χ1n) is 5.37. The predicted molar refractivity (Wildman–Crippen MR) is 58.3 cm³/mol. The number of ether oxygens (including phenoxy) is 1. The topological polar surface area (TPSA) is 29.5 Å². The summed E-state index contributed by atoms with van der Waals surface area (Å²) in [6, 6.07) is 0. The average Bonchev–Trinajstić information content (AvgIpc) is 2.15. The molecule has 0 aliphatic rings. The number of rotatable bonds is 6. The van der Waals surface area contributed by atoms with E-state index in [2.05, 4.69) is 18.6 Å². The Hall–Kier alpha value is -0.730. The van der Waals surface area contributed by atoms with Crippen LogP contribution in [0.4, 0.5) is 4.79 Å². The van der Waals surface area contributed by atoms with Gasteiger partial charge >= 0.3 is 6.09 Å². The molecule has 0 aliphatic carbocycles. The summed E-state index contributed by atoms with van der Waals surface area (Å²) in [5.74, 6) is 0.785. The second-order valence-corrected chi connectivity index (χ2v) is 4.13. The molecule has 0 aromatic rings. The number of methoxy groups -OCH3 is 1. The highest BCUT2D eigenvalue weighted by atomic mass is 16.5. The first-order valence-corrected chi connectivity index (χ1v) is 5.37. The van der Waals surface area contributed by atoms with Crippen molar-refractivity contribution < 1.29 is 9.53 Å². The maximum absolute atomic E-state index is 11.0. The van der Waals surface area contributed by atoms with Gasteiger partial charge in [-0.25, -0.2) is 4.79 Å². The molecule has 0 aromatic heterocycles. The molecular weight excluding hydrogens is 178 g/mol. The first kappa shape index (κ1) is 13.3. The van der Waals surface area contributed by atoms with E-state index in [9.17, 15) is 4.79 Å². The molecule has 0 radical (unpaired) electrons. The van der Waals surface area contributed by atoms with Gasteiger partial charge in [0.2, 0.25) is 0 Å². The largest absolute Gasteiger partial charge is 0.453 e. The molecule has 3 heteroatoms. The van der Waals surface area contributed by atoms with Gasteiger partial charge in [-0.15, -0.1) is 0 Å². The van der Waals surface area contributed by atoms with E-state index in [0.717, 1.165) is 18.9 Å². The van der Waals surface area contributed by atoms with E-state index >= 15 is 0 Å². The third-order valence-corrected chi connectivity index (χ3v) is 2.26. The zero-order valence-corrected chi connectivity index (χ0v) is 9.88. The van der Waals surface area contributed by atoms with Gasteiger partial charge in [0.05, 0.1) is 7.11 Å². The van der Waals surface area contributed by atoms with Crippen molar-refractivity contribution in [1.82, 2.24) is 4.90 Å². The Kier molecular flexibility index (Phi) is 7.25. The lowest BCUT2D eigenvalue weighted by Crippen LogP contribution is -2.27. The fraction of sp³-hybridized carbons (Fsp3) is 0.909. The summed E-state index contributed by atoms with van der Waals surface area (Å²) in [4.78, 5) is 12.6. The molecule has 0 heterocycles. The predicted octanol–water partition coefficient (Wildman–Crippen LogP) is 2.90. The van der Waals surface area contributed by atoms with Crippen molar-refractivity contribution in [3.63, 3.8) is 0 Å². The number of hydrogen-bond acceptors (Lipinski definition) is 2. The maximum atomic E-state index is 11.0. The second-order valence-electron chi connectivity index (χ2n) is 4.13. The van der Waals surface area contributed by atoms with Crippen molar-refractivity contribution in [1.29, 1.82) is 0 Å². The van der Waals surface area contributed by atoms with Crippen LogP contribution in [0.5, 0.6) is 0 Å². The average molecular weight is 201 g/mol. The molecule has 14 heavy (non-hydrogen) atoms. The summed E-state index contributed by atoms with van der Waals surface area (Å²) < 4.78 is 4.59. The van der Waals surface area contributed by atoms with Crippen LogP contribution in [0.1, 0.15) is 39.5 Å². The number of unbranched alkanes of at least 4 members (excludes halogenated alkanes) is 2. The van der Waals surface area contributed by atoms with Crippen molar-refractivity contribution in [2.45, 2.75) is 39.5 Å². The second kappa shape index (κ2) is 7.65. The standard InChI is InChI=1S/C11H23NO2/c1-10(2)8-6-5-7-9-12(3)11(13)14-4/h10H,5-9H2,1-4H3. The lowest BCUT2D eigenvalue weighted by Gasteiger charge is -2.14. The van der Waals surface area contributed by atoms with E-state index in [4.69, 9.17) is 0 Å². The molecule has 0 saturated heterocycles. The van der Waals surface area contributed by atoms with Gasteiger partial charge in [-0.2, -0.15) is 0 Å². The summed E-state index contributed by atoms with van der Waals surface area (Å²) in [5.41, 5.74) is 0. The first-order chi connectivity index (χ1) is 6.57. The summed E-state index contributed by atoms with van der Waals surface area (Å²) in [5, 5.41) is 0. The molecule has 1 amide bonds. The summed E-state index contributed by atoms with van der Waals surface area (Å²) >= 11 is 0. The van der Waals surface area contributed by atoms with Gasteiger partial charge in [-0.05, 0) is 12.3 Å².